The van der Waals surface area contributed by atoms with Gasteiger partial charge in [0.1, 0.15) is 5.01 Å². The highest BCUT2D eigenvalue weighted by Gasteiger charge is 2.26. The van der Waals surface area contributed by atoms with Crippen LogP contribution >= 0.6 is 11.3 Å². The van der Waals surface area contributed by atoms with Crippen LogP contribution in [-0.4, -0.2) is 40.1 Å². The van der Waals surface area contributed by atoms with Gasteiger partial charge in [-0.1, -0.05) is 6.07 Å². The molecule has 2 aromatic rings. The first-order valence-corrected chi connectivity index (χ1v) is 9.31. The SMILES string of the molecule is CC(=O)NC(C)C(C)=O.CCN1Cc2cc(-c3nccs3)ccc2C1=O. The number of nitrogens with one attached hydrogen (secondary N) is 1. The molecule has 26 heavy (non-hydrogen) atoms. The van der Waals surface area contributed by atoms with E-state index >= 15 is 0 Å². The van der Waals surface area contributed by atoms with Crippen molar-refractivity contribution in [1.29, 1.82) is 0 Å². The van der Waals surface area contributed by atoms with E-state index in [9.17, 15) is 14.4 Å². The summed E-state index contributed by atoms with van der Waals surface area (Å²) in [6.07, 6.45) is 1.80. The molecule has 7 heteroatoms. The molecule has 0 radical (unpaired) electrons. The van der Waals surface area contributed by atoms with E-state index in [0.29, 0.717) is 0 Å². The van der Waals surface area contributed by atoms with Crippen LogP contribution in [0.2, 0.25) is 0 Å². The Morgan fingerprint density at radius 3 is 2.58 bits per heavy atom. The van der Waals surface area contributed by atoms with Gasteiger partial charge >= 0.3 is 0 Å². The summed E-state index contributed by atoms with van der Waals surface area (Å²) in [7, 11) is 0. The fourth-order valence-corrected chi connectivity index (χ4v) is 3.18. The third kappa shape index (κ3) is 4.76. The van der Waals surface area contributed by atoms with Gasteiger partial charge in [0.2, 0.25) is 5.91 Å². The Morgan fingerprint density at radius 2 is 2.08 bits per heavy atom. The van der Waals surface area contributed by atoms with Crippen molar-refractivity contribution in [2.45, 2.75) is 40.3 Å². The Labute approximate surface area is 157 Å². The minimum Gasteiger partial charge on any atom is -0.347 e. The zero-order valence-corrected chi connectivity index (χ0v) is 16.2. The van der Waals surface area contributed by atoms with Crippen LogP contribution in [0, 0.1) is 0 Å². The van der Waals surface area contributed by atoms with Crippen LogP contribution in [0.1, 0.15) is 43.6 Å². The van der Waals surface area contributed by atoms with E-state index in [1.165, 1.54) is 13.8 Å². The summed E-state index contributed by atoms with van der Waals surface area (Å²) in [5.41, 5.74) is 3.06. The lowest BCUT2D eigenvalue weighted by Gasteiger charge is -2.10. The van der Waals surface area contributed by atoms with Crippen molar-refractivity contribution in [2.24, 2.45) is 0 Å². The Hall–Kier alpha value is -2.54. The molecule has 0 saturated heterocycles. The molecule has 2 amide bonds. The number of aromatic nitrogens is 1. The number of rotatable bonds is 4. The van der Waals surface area contributed by atoms with Crippen molar-refractivity contribution in [1.82, 2.24) is 15.2 Å². The molecule has 0 saturated carbocycles. The number of ketones is 1. The Morgan fingerprint density at radius 1 is 1.35 bits per heavy atom. The molecule has 1 aliphatic rings. The van der Waals surface area contributed by atoms with Crippen LogP contribution in [0.25, 0.3) is 10.6 Å². The molecule has 1 aliphatic heterocycles. The minimum absolute atomic E-state index is 0.0230. The Balaban J connectivity index is 0.000000232. The number of benzene rings is 1. The molecule has 2 heterocycles. The second kappa shape index (κ2) is 8.71. The highest BCUT2D eigenvalue weighted by Crippen LogP contribution is 2.29. The van der Waals surface area contributed by atoms with Gasteiger partial charge in [-0.25, -0.2) is 4.98 Å². The summed E-state index contributed by atoms with van der Waals surface area (Å²) < 4.78 is 0. The average Bonchev–Trinajstić information content (AvgIpc) is 3.22. The van der Waals surface area contributed by atoms with Gasteiger partial charge in [-0.05, 0) is 38.5 Å². The summed E-state index contributed by atoms with van der Waals surface area (Å²) in [6, 6.07) is 5.64. The molecule has 1 aromatic carbocycles. The topological polar surface area (TPSA) is 79.4 Å². The fourth-order valence-electron chi connectivity index (χ4n) is 2.54. The van der Waals surface area contributed by atoms with Crippen LogP contribution in [0.3, 0.4) is 0 Å². The molecular weight excluding hydrogens is 350 g/mol. The maximum Gasteiger partial charge on any atom is 0.254 e. The second-order valence-electron chi connectivity index (χ2n) is 6.06. The van der Waals surface area contributed by atoms with E-state index < -0.39 is 0 Å². The van der Waals surface area contributed by atoms with Crippen molar-refractivity contribution in [3.05, 3.63) is 40.9 Å². The van der Waals surface area contributed by atoms with Crippen molar-refractivity contribution in [2.75, 3.05) is 6.54 Å². The lowest BCUT2D eigenvalue weighted by molar-refractivity contribution is -0.125. The first-order chi connectivity index (χ1) is 12.3. The van der Waals surface area contributed by atoms with Gasteiger partial charge in [0, 0.05) is 42.7 Å². The Bertz CT molecular complexity index is 802. The minimum atomic E-state index is -0.345. The summed E-state index contributed by atoms with van der Waals surface area (Å²) in [6.45, 7) is 7.99. The van der Waals surface area contributed by atoms with E-state index in [4.69, 9.17) is 0 Å². The van der Waals surface area contributed by atoms with Crippen LogP contribution < -0.4 is 5.32 Å². The maximum absolute atomic E-state index is 11.9. The van der Waals surface area contributed by atoms with E-state index in [-0.39, 0.29) is 23.6 Å². The predicted octanol–water partition coefficient (Wildman–Crippen LogP) is 2.89. The zero-order chi connectivity index (χ0) is 19.3. The number of hydrogen-bond acceptors (Lipinski definition) is 5. The first kappa shape index (κ1) is 19.8. The number of hydrogen-bond donors (Lipinski definition) is 1. The average molecular weight is 373 g/mol. The first-order valence-electron chi connectivity index (χ1n) is 8.43. The highest BCUT2D eigenvalue weighted by atomic mass is 32.1. The summed E-state index contributed by atoms with van der Waals surface area (Å²) in [5.74, 6) is -0.0453. The van der Waals surface area contributed by atoms with Crippen LogP contribution in [-0.2, 0) is 16.1 Å². The van der Waals surface area contributed by atoms with Gasteiger partial charge in [-0.2, -0.15) is 0 Å². The van der Waals surface area contributed by atoms with E-state index in [1.54, 1.807) is 24.5 Å². The third-order valence-electron chi connectivity index (χ3n) is 4.07. The van der Waals surface area contributed by atoms with E-state index in [2.05, 4.69) is 16.4 Å². The summed E-state index contributed by atoms with van der Waals surface area (Å²) >= 11 is 1.62. The van der Waals surface area contributed by atoms with Crippen molar-refractivity contribution < 1.29 is 14.4 Å². The number of carbonyl (C=O) groups excluding carboxylic acids is 3. The maximum atomic E-state index is 11.9. The predicted molar refractivity (Wildman–Crippen MR) is 102 cm³/mol. The lowest BCUT2D eigenvalue weighted by Crippen LogP contribution is -2.35. The van der Waals surface area contributed by atoms with Crippen LogP contribution in [0.15, 0.2) is 29.8 Å². The van der Waals surface area contributed by atoms with E-state index in [0.717, 1.165) is 34.8 Å². The number of fused-ring (bicyclic) bond motifs is 1. The molecule has 1 N–H and O–H groups in total. The molecule has 138 valence electrons. The van der Waals surface area contributed by atoms with Gasteiger partial charge in [0.15, 0.2) is 5.78 Å². The lowest BCUT2D eigenvalue weighted by atomic mass is 10.1. The fraction of sp³-hybridized carbons (Fsp3) is 0.368. The highest BCUT2D eigenvalue weighted by molar-refractivity contribution is 7.13. The smallest absolute Gasteiger partial charge is 0.254 e. The van der Waals surface area contributed by atoms with Gasteiger partial charge in [0.25, 0.3) is 5.91 Å². The van der Waals surface area contributed by atoms with Gasteiger partial charge in [0.05, 0.1) is 6.04 Å². The number of thiazole rings is 1. The van der Waals surface area contributed by atoms with Gasteiger partial charge in [-0.15, -0.1) is 11.3 Å². The Kier molecular flexibility index (Phi) is 6.63. The summed E-state index contributed by atoms with van der Waals surface area (Å²) in [4.78, 5) is 38.8. The number of nitrogens with zero attached hydrogens (tertiary/aromatic N) is 2. The molecule has 1 atom stereocenters. The quantitative estimate of drug-likeness (QED) is 0.894. The third-order valence-corrected chi connectivity index (χ3v) is 4.90. The zero-order valence-electron chi connectivity index (χ0n) is 15.4. The van der Waals surface area contributed by atoms with Crippen molar-refractivity contribution >= 4 is 28.9 Å². The van der Waals surface area contributed by atoms with Gasteiger partial charge < -0.3 is 10.2 Å². The normalized spacial score (nSPS) is 13.5. The second-order valence-corrected chi connectivity index (χ2v) is 6.96. The summed E-state index contributed by atoms with van der Waals surface area (Å²) in [5, 5.41) is 5.43. The molecule has 3 rings (SSSR count). The largest absolute Gasteiger partial charge is 0.347 e. The van der Waals surface area contributed by atoms with Crippen LogP contribution in [0.4, 0.5) is 0 Å². The molecule has 1 unspecified atom stereocenters. The van der Waals surface area contributed by atoms with Crippen molar-refractivity contribution in [3.8, 4) is 10.6 Å². The molecule has 0 spiro atoms. The number of Topliss-reactive ketones (excluding diaryl/α,β-unsaturated/α-hetero) is 1. The van der Waals surface area contributed by atoms with E-state index in [1.807, 2.05) is 29.3 Å². The molecule has 1 aromatic heterocycles. The number of carbonyl (C=O) groups is 3. The van der Waals surface area contributed by atoms with Crippen molar-refractivity contribution in [3.63, 3.8) is 0 Å². The van der Waals surface area contributed by atoms with Crippen LogP contribution in [0.5, 0.6) is 0 Å². The van der Waals surface area contributed by atoms with Gasteiger partial charge in [-0.3, -0.25) is 14.4 Å². The molecule has 0 bridgehead atoms. The molecule has 0 aliphatic carbocycles. The monoisotopic (exact) mass is 373 g/mol. The molecular formula is C19H23N3O3S. The standard InChI is InChI=1S/C13H12N2OS.C6H11NO2/c1-2-15-8-10-7-9(12-14-5-6-17-12)3-4-11(10)13(15)16;1-4(5(2)8)7-6(3)9/h3-7H,2,8H2,1H3;4H,1-3H3,(H,7,9). The molecule has 0 fully saturated rings. The number of amides is 2. The molecule has 6 nitrogen and oxygen atoms in total.